The van der Waals surface area contributed by atoms with Crippen LogP contribution in [0.25, 0.3) is 112 Å². The van der Waals surface area contributed by atoms with Gasteiger partial charge in [0.2, 0.25) is 0 Å². The topological polar surface area (TPSA) is 90.7 Å². The van der Waals surface area contributed by atoms with Gasteiger partial charge in [-0.2, -0.15) is 0 Å². The minimum atomic E-state index is 0.574. The van der Waals surface area contributed by atoms with Crippen LogP contribution >= 0.6 is 0 Å². The molecule has 0 saturated heterocycles. The molecule has 0 radical (unpaired) electrons. The second-order valence-corrected chi connectivity index (χ2v) is 13.6. The van der Waals surface area contributed by atoms with Crippen LogP contribution in [0.5, 0.6) is 0 Å². The molecule has 11 rings (SSSR count). The Bertz CT molecular complexity index is 3190. The van der Waals surface area contributed by atoms with E-state index >= 15 is 0 Å². The molecular formula is C49H29N5O2. The van der Waals surface area contributed by atoms with Crippen molar-refractivity contribution in [2.24, 2.45) is 0 Å². The number of fused-ring (bicyclic) bond motifs is 6. The smallest absolute Gasteiger partial charge is 0.180 e. The Morgan fingerprint density at radius 3 is 1.57 bits per heavy atom. The summed E-state index contributed by atoms with van der Waals surface area (Å²) in [4.78, 5) is 24.9. The summed E-state index contributed by atoms with van der Waals surface area (Å²) in [5, 5.41) is 2.98. The van der Waals surface area contributed by atoms with Crippen LogP contribution in [0.2, 0.25) is 0 Å². The molecule has 7 nitrogen and oxygen atoms in total. The van der Waals surface area contributed by atoms with E-state index in [0.29, 0.717) is 28.9 Å². The number of nitrogens with zero attached hydrogens (tertiary/aromatic N) is 5. The highest BCUT2D eigenvalue weighted by Gasteiger charge is 2.20. The molecule has 7 aromatic carbocycles. The van der Waals surface area contributed by atoms with Gasteiger partial charge in [-0.1, -0.05) is 140 Å². The molecule has 11 aromatic rings. The summed E-state index contributed by atoms with van der Waals surface area (Å²) >= 11 is 0. The van der Waals surface area contributed by atoms with E-state index in [0.717, 1.165) is 83.1 Å². The van der Waals surface area contributed by atoms with Crippen LogP contribution in [0.15, 0.2) is 185 Å². The van der Waals surface area contributed by atoms with Crippen LogP contribution in [0.4, 0.5) is 0 Å². The monoisotopic (exact) mass is 719 g/mol. The van der Waals surface area contributed by atoms with E-state index in [2.05, 4.69) is 42.5 Å². The molecule has 4 heterocycles. The van der Waals surface area contributed by atoms with Gasteiger partial charge in [0.1, 0.15) is 28.0 Å². The molecule has 0 spiro atoms. The van der Waals surface area contributed by atoms with E-state index in [4.69, 9.17) is 33.8 Å². The Morgan fingerprint density at radius 1 is 0.321 bits per heavy atom. The Morgan fingerprint density at radius 2 is 0.875 bits per heavy atom. The second kappa shape index (κ2) is 13.0. The molecule has 0 aliphatic rings. The standard InChI is InChI=1S/C49H29N5O2/c1-4-14-30(15-5-1)46-50-43(45-44(51-46)38-22-10-11-24-39(38)56-45)34-21-12-20-33(28-34)36-23-13-25-40-42(36)37-27-26-35(29-41(37)55-40)49-53-47(31-16-6-2-7-17-31)52-48(54-49)32-18-8-3-9-19-32/h1-29H. The van der Waals surface area contributed by atoms with Crippen molar-refractivity contribution in [3.8, 4) is 67.9 Å². The average Bonchev–Trinajstić information content (AvgIpc) is 3.85. The highest BCUT2D eigenvalue weighted by molar-refractivity contribution is 6.13. The maximum Gasteiger partial charge on any atom is 0.180 e. The number of para-hydroxylation sites is 1. The summed E-state index contributed by atoms with van der Waals surface area (Å²) in [7, 11) is 0. The number of hydrogen-bond donors (Lipinski definition) is 0. The Hall–Kier alpha value is -7.77. The molecule has 0 aliphatic heterocycles. The van der Waals surface area contributed by atoms with Crippen molar-refractivity contribution < 1.29 is 8.83 Å². The van der Waals surface area contributed by atoms with Gasteiger partial charge >= 0.3 is 0 Å². The van der Waals surface area contributed by atoms with Crippen LogP contribution in [-0.2, 0) is 0 Å². The first-order valence-electron chi connectivity index (χ1n) is 18.4. The second-order valence-electron chi connectivity index (χ2n) is 13.6. The number of furan rings is 2. The number of aromatic nitrogens is 5. The average molecular weight is 720 g/mol. The predicted molar refractivity (Wildman–Crippen MR) is 223 cm³/mol. The molecule has 0 unspecified atom stereocenters. The Balaban J connectivity index is 1.05. The molecule has 4 aromatic heterocycles. The summed E-state index contributed by atoms with van der Waals surface area (Å²) in [6.45, 7) is 0. The zero-order valence-corrected chi connectivity index (χ0v) is 29.8. The van der Waals surface area contributed by atoms with Crippen LogP contribution in [0, 0.1) is 0 Å². The summed E-state index contributed by atoms with van der Waals surface area (Å²) in [5.74, 6) is 2.44. The van der Waals surface area contributed by atoms with Gasteiger partial charge in [0, 0.05) is 44.0 Å². The molecule has 0 saturated carbocycles. The third-order valence-electron chi connectivity index (χ3n) is 10.2. The Labute approximate surface area is 320 Å². The van der Waals surface area contributed by atoms with E-state index < -0.39 is 0 Å². The van der Waals surface area contributed by atoms with Crippen molar-refractivity contribution >= 4 is 44.0 Å². The lowest BCUT2D eigenvalue weighted by Crippen LogP contribution is -2.00. The van der Waals surface area contributed by atoms with Crippen molar-refractivity contribution in [2.45, 2.75) is 0 Å². The highest BCUT2D eigenvalue weighted by atomic mass is 16.3. The molecule has 262 valence electrons. The fraction of sp³-hybridized carbons (Fsp3) is 0. The molecular weight excluding hydrogens is 691 g/mol. The van der Waals surface area contributed by atoms with Gasteiger partial charge in [-0.15, -0.1) is 0 Å². The van der Waals surface area contributed by atoms with Gasteiger partial charge in [-0.05, 0) is 47.5 Å². The maximum atomic E-state index is 6.57. The first-order chi connectivity index (χ1) is 27.7. The third kappa shape index (κ3) is 5.41. The van der Waals surface area contributed by atoms with Crippen molar-refractivity contribution in [3.63, 3.8) is 0 Å². The summed E-state index contributed by atoms with van der Waals surface area (Å²) in [5.41, 5.74) is 11.1. The molecule has 7 heteroatoms. The molecule has 0 amide bonds. The fourth-order valence-corrected chi connectivity index (χ4v) is 7.48. The van der Waals surface area contributed by atoms with E-state index in [1.165, 1.54) is 0 Å². The van der Waals surface area contributed by atoms with E-state index in [9.17, 15) is 0 Å². The minimum absolute atomic E-state index is 0.574. The minimum Gasteiger partial charge on any atom is -0.456 e. The van der Waals surface area contributed by atoms with Crippen molar-refractivity contribution in [2.75, 3.05) is 0 Å². The van der Waals surface area contributed by atoms with Crippen LogP contribution < -0.4 is 0 Å². The number of rotatable bonds is 6. The zero-order chi connectivity index (χ0) is 37.0. The van der Waals surface area contributed by atoms with Gasteiger partial charge in [-0.25, -0.2) is 24.9 Å². The quantitative estimate of drug-likeness (QED) is 0.169. The summed E-state index contributed by atoms with van der Waals surface area (Å²) in [6, 6.07) is 58.9. The normalized spacial score (nSPS) is 11.6. The van der Waals surface area contributed by atoms with Gasteiger partial charge in [0.15, 0.2) is 28.9 Å². The predicted octanol–water partition coefficient (Wildman–Crippen LogP) is 12.5. The molecule has 56 heavy (non-hydrogen) atoms. The molecule has 0 fully saturated rings. The van der Waals surface area contributed by atoms with Crippen LogP contribution in [0.3, 0.4) is 0 Å². The molecule has 0 aliphatic carbocycles. The van der Waals surface area contributed by atoms with E-state index in [1.54, 1.807) is 0 Å². The first-order valence-corrected chi connectivity index (χ1v) is 18.4. The maximum absolute atomic E-state index is 6.57. The lowest BCUT2D eigenvalue weighted by atomic mass is 9.96. The zero-order valence-electron chi connectivity index (χ0n) is 29.8. The largest absolute Gasteiger partial charge is 0.456 e. The molecule has 0 bridgehead atoms. The van der Waals surface area contributed by atoms with Crippen LogP contribution in [-0.4, -0.2) is 24.9 Å². The van der Waals surface area contributed by atoms with Gasteiger partial charge < -0.3 is 8.83 Å². The third-order valence-corrected chi connectivity index (χ3v) is 10.2. The van der Waals surface area contributed by atoms with Crippen LogP contribution in [0.1, 0.15) is 0 Å². The highest BCUT2D eigenvalue weighted by Crippen LogP contribution is 2.41. The number of benzene rings is 7. The lowest BCUT2D eigenvalue weighted by molar-refractivity contribution is 0.667. The van der Waals surface area contributed by atoms with Crippen molar-refractivity contribution in [3.05, 3.63) is 176 Å². The fourth-order valence-electron chi connectivity index (χ4n) is 7.48. The van der Waals surface area contributed by atoms with Crippen molar-refractivity contribution in [1.29, 1.82) is 0 Å². The van der Waals surface area contributed by atoms with E-state index in [-0.39, 0.29) is 0 Å². The SMILES string of the molecule is c1ccc(-c2nc(-c3ccccc3)nc(-c3ccc4c(c3)oc3cccc(-c5cccc(-c6nc(-c7ccccc7)nc7c6oc6ccccc67)c5)c34)n2)cc1. The van der Waals surface area contributed by atoms with Gasteiger partial charge in [0.05, 0.1) is 0 Å². The summed E-state index contributed by atoms with van der Waals surface area (Å²) in [6.07, 6.45) is 0. The molecule has 0 atom stereocenters. The number of hydrogen-bond acceptors (Lipinski definition) is 7. The molecule has 0 N–H and O–H groups in total. The summed E-state index contributed by atoms with van der Waals surface area (Å²) < 4.78 is 13.0. The Kier molecular flexibility index (Phi) is 7.35. The first kappa shape index (κ1) is 31.7. The lowest BCUT2D eigenvalue weighted by Gasteiger charge is -2.09. The van der Waals surface area contributed by atoms with E-state index in [1.807, 2.05) is 133 Å². The van der Waals surface area contributed by atoms with Crippen molar-refractivity contribution in [1.82, 2.24) is 24.9 Å². The van der Waals surface area contributed by atoms with Gasteiger partial charge in [-0.3, -0.25) is 0 Å². The van der Waals surface area contributed by atoms with Gasteiger partial charge in [0.25, 0.3) is 0 Å².